The van der Waals surface area contributed by atoms with Gasteiger partial charge >= 0.3 is 5.97 Å². The van der Waals surface area contributed by atoms with Gasteiger partial charge in [0.25, 0.3) is 0 Å². The first kappa shape index (κ1) is 25.3. The molecule has 3 aliphatic carbocycles. The van der Waals surface area contributed by atoms with Crippen LogP contribution in [0.3, 0.4) is 0 Å². The van der Waals surface area contributed by atoms with Crippen LogP contribution in [0.4, 0.5) is 0 Å². The zero-order chi connectivity index (χ0) is 26.2. The summed E-state index contributed by atoms with van der Waals surface area (Å²) in [6.07, 6.45) is 12.7. The van der Waals surface area contributed by atoms with Crippen LogP contribution in [-0.4, -0.2) is 52.1 Å². The van der Waals surface area contributed by atoms with E-state index < -0.39 is 11.7 Å². The van der Waals surface area contributed by atoms with Crippen LogP contribution in [0.2, 0.25) is 0 Å². The predicted molar refractivity (Wildman–Crippen MR) is 143 cm³/mol. The molecule has 5 heteroatoms. The number of carbonyl (C=O) groups excluding carboxylic acids is 1. The summed E-state index contributed by atoms with van der Waals surface area (Å²) in [4.78, 5) is 15.2. The minimum Gasteiger partial charge on any atom is -0.462 e. The second kappa shape index (κ2) is 7.75. The normalized spacial score (nSPS) is 59.1. The largest absolute Gasteiger partial charge is 0.462 e. The smallest absolute Gasteiger partial charge is 0.302 e. The SMILES string of the molecule is CC(=O)O[C@@H]1CC[C@@]2(C)O[C@H](O)[C@]1(C)[C@H]2CC[C@@]12[C@@H]3[C@@H](C(C)C)CC[C@@]1(C)[C@@H]1CC[C@@]4(CCC[C@H]42)N3C1. The van der Waals surface area contributed by atoms with Gasteiger partial charge in [-0.2, -0.15) is 0 Å². The maximum absolute atomic E-state index is 12.1. The molecule has 4 saturated heterocycles. The molecule has 13 atom stereocenters. The van der Waals surface area contributed by atoms with Gasteiger partial charge in [0.1, 0.15) is 6.10 Å². The van der Waals surface area contributed by atoms with Gasteiger partial charge in [0.05, 0.1) is 11.0 Å². The fourth-order valence-electron chi connectivity index (χ4n) is 13.0. The Hall–Kier alpha value is -0.650. The van der Waals surface area contributed by atoms with Crippen LogP contribution in [0.1, 0.15) is 112 Å². The Balaban J connectivity index is 1.30. The number of fused-ring (bicyclic) bond motifs is 4. The zero-order valence-electron chi connectivity index (χ0n) is 24.2. The molecule has 4 heterocycles. The van der Waals surface area contributed by atoms with Crippen molar-refractivity contribution in [3.05, 3.63) is 0 Å². The third-order valence-electron chi connectivity index (χ3n) is 14.5. The van der Waals surface area contributed by atoms with Gasteiger partial charge in [-0.3, -0.25) is 9.69 Å². The number of rotatable bonds is 5. The molecular weight excluding hydrogens is 462 g/mol. The molecule has 0 aromatic heterocycles. The molecule has 4 aliphatic heterocycles. The van der Waals surface area contributed by atoms with E-state index >= 15 is 0 Å². The van der Waals surface area contributed by atoms with Crippen molar-refractivity contribution < 1.29 is 19.4 Å². The number of hydrogen-bond donors (Lipinski definition) is 1. The van der Waals surface area contributed by atoms with Crippen molar-refractivity contribution in [3.63, 3.8) is 0 Å². The summed E-state index contributed by atoms with van der Waals surface area (Å²) in [7, 11) is 0. The Morgan fingerprint density at radius 2 is 1.86 bits per heavy atom. The van der Waals surface area contributed by atoms with Crippen LogP contribution in [0.25, 0.3) is 0 Å². The van der Waals surface area contributed by atoms with Gasteiger partial charge in [-0.15, -0.1) is 0 Å². The lowest BCUT2D eigenvalue weighted by Crippen LogP contribution is -2.68. The first-order valence-electron chi connectivity index (χ1n) is 15.7. The van der Waals surface area contributed by atoms with E-state index in [1.54, 1.807) is 0 Å². The number of aliphatic hydroxyl groups is 1. The number of hydrogen-bond acceptors (Lipinski definition) is 5. The Morgan fingerprint density at radius 1 is 1.08 bits per heavy atom. The van der Waals surface area contributed by atoms with Gasteiger partial charge in [-0.1, -0.05) is 34.1 Å². The summed E-state index contributed by atoms with van der Waals surface area (Å²) < 4.78 is 12.3. The molecule has 0 aromatic rings. The van der Waals surface area contributed by atoms with E-state index in [9.17, 15) is 9.90 Å². The third kappa shape index (κ3) is 2.81. The molecule has 208 valence electrons. The number of nitrogens with zero attached hydrogens (tertiary/aromatic N) is 1. The highest BCUT2D eigenvalue weighted by Gasteiger charge is 2.80. The molecule has 7 aliphatic rings. The lowest BCUT2D eigenvalue weighted by atomic mass is 9.41. The van der Waals surface area contributed by atoms with Gasteiger partial charge in [0, 0.05) is 31.0 Å². The van der Waals surface area contributed by atoms with Crippen molar-refractivity contribution >= 4 is 5.97 Å². The minimum atomic E-state index is -0.870. The van der Waals surface area contributed by atoms with Crippen LogP contribution in [0, 0.1) is 45.8 Å². The average molecular weight is 514 g/mol. The molecule has 1 N–H and O–H groups in total. The van der Waals surface area contributed by atoms with Gasteiger partial charge in [0.2, 0.25) is 0 Å². The number of carbonyl (C=O) groups is 1. The van der Waals surface area contributed by atoms with E-state index in [1.165, 1.54) is 64.8 Å². The minimum absolute atomic E-state index is 0.204. The topological polar surface area (TPSA) is 59.0 Å². The lowest BCUT2D eigenvalue weighted by molar-refractivity contribution is -0.188. The highest BCUT2D eigenvalue weighted by molar-refractivity contribution is 5.66. The number of aliphatic hydroxyl groups excluding tert-OH is 1. The summed E-state index contributed by atoms with van der Waals surface area (Å²) in [5.41, 5.74) is 0.348. The second-order valence-electron chi connectivity index (χ2n) is 15.7. The van der Waals surface area contributed by atoms with Crippen molar-refractivity contribution in [2.24, 2.45) is 45.8 Å². The summed E-state index contributed by atoms with van der Waals surface area (Å²) in [6.45, 7) is 14.9. The van der Waals surface area contributed by atoms with E-state index in [1.807, 2.05) is 0 Å². The fraction of sp³-hybridized carbons (Fsp3) is 0.969. The van der Waals surface area contributed by atoms with Gasteiger partial charge < -0.3 is 14.6 Å². The van der Waals surface area contributed by atoms with E-state index in [0.717, 1.165) is 42.9 Å². The predicted octanol–water partition coefficient (Wildman–Crippen LogP) is 5.93. The number of ether oxygens (including phenoxy) is 2. The van der Waals surface area contributed by atoms with E-state index in [4.69, 9.17) is 9.47 Å². The molecule has 1 spiro atoms. The third-order valence-corrected chi connectivity index (χ3v) is 14.5. The van der Waals surface area contributed by atoms with Crippen molar-refractivity contribution in [2.75, 3.05) is 6.54 Å². The molecule has 5 nitrogen and oxygen atoms in total. The molecule has 7 bridgehead atoms. The zero-order valence-corrected chi connectivity index (χ0v) is 24.2. The summed E-state index contributed by atoms with van der Waals surface area (Å²) in [5.74, 6) is 3.13. The van der Waals surface area contributed by atoms with E-state index in [0.29, 0.717) is 22.4 Å². The van der Waals surface area contributed by atoms with Crippen LogP contribution in [-0.2, 0) is 14.3 Å². The van der Waals surface area contributed by atoms with Gasteiger partial charge in [0.15, 0.2) is 6.29 Å². The van der Waals surface area contributed by atoms with Crippen LogP contribution < -0.4 is 0 Å². The fourth-order valence-corrected chi connectivity index (χ4v) is 13.0. The van der Waals surface area contributed by atoms with Crippen LogP contribution in [0.15, 0.2) is 0 Å². The Kier molecular flexibility index (Phi) is 5.31. The highest BCUT2D eigenvalue weighted by atomic mass is 16.6. The van der Waals surface area contributed by atoms with Crippen molar-refractivity contribution in [1.82, 2.24) is 4.90 Å². The molecule has 3 saturated carbocycles. The summed E-state index contributed by atoms with van der Waals surface area (Å²) >= 11 is 0. The molecule has 7 fully saturated rings. The number of piperidine rings is 2. The monoisotopic (exact) mass is 513 g/mol. The van der Waals surface area contributed by atoms with E-state index in [2.05, 4.69) is 39.5 Å². The standard InChI is InChI=1S/C32H51NO4/c1-19(2)22-10-14-28(4)21-9-16-31-13-7-8-24(31)32(28,26(22)33(31)18-21)17-11-23-29(5)15-12-25(36-20(3)34)30(23,6)27(35)37-29/h19,21-27,35H,7-18H2,1-6H3/t21-,22-,23+,24-,25-,26+,27+,28+,29-,30-,31-,32-/m1/s1. The van der Waals surface area contributed by atoms with Gasteiger partial charge in [-0.05, 0) is 106 Å². The molecule has 0 aromatic carbocycles. The molecule has 1 unspecified atom stereocenters. The summed E-state index contributed by atoms with van der Waals surface area (Å²) in [5, 5.41) is 11.3. The van der Waals surface area contributed by atoms with Crippen LogP contribution >= 0.6 is 0 Å². The highest BCUT2D eigenvalue weighted by Crippen LogP contribution is 2.79. The van der Waals surface area contributed by atoms with Crippen molar-refractivity contribution in [3.8, 4) is 0 Å². The lowest BCUT2D eigenvalue weighted by Gasteiger charge is -2.67. The Morgan fingerprint density at radius 3 is 2.59 bits per heavy atom. The molecule has 0 amide bonds. The van der Waals surface area contributed by atoms with Gasteiger partial charge in [-0.25, -0.2) is 0 Å². The van der Waals surface area contributed by atoms with Crippen molar-refractivity contribution in [1.29, 1.82) is 0 Å². The quantitative estimate of drug-likeness (QED) is 0.462. The Labute approximate surface area is 224 Å². The maximum atomic E-state index is 12.1. The summed E-state index contributed by atoms with van der Waals surface area (Å²) in [6, 6.07) is 0.713. The average Bonchev–Trinajstić information content (AvgIpc) is 3.35. The molecular formula is C32H51NO4. The van der Waals surface area contributed by atoms with E-state index in [-0.39, 0.29) is 23.6 Å². The Bertz CT molecular complexity index is 984. The second-order valence-corrected chi connectivity index (χ2v) is 15.7. The first-order chi connectivity index (χ1) is 17.4. The molecule has 0 radical (unpaired) electrons. The first-order valence-corrected chi connectivity index (χ1v) is 15.7. The van der Waals surface area contributed by atoms with Crippen LogP contribution in [0.5, 0.6) is 0 Å². The molecule has 37 heavy (non-hydrogen) atoms. The van der Waals surface area contributed by atoms with Crippen molar-refractivity contribution in [2.45, 2.75) is 142 Å². The number of esters is 1. The molecule has 7 rings (SSSR count). The maximum Gasteiger partial charge on any atom is 0.302 e.